The molecule has 32 heavy (non-hydrogen) atoms. The van der Waals surface area contributed by atoms with Gasteiger partial charge in [0.05, 0.1) is 10.8 Å². The van der Waals surface area contributed by atoms with E-state index in [1.807, 2.05) is 24.3 Å². The molecule has 0 radical (unpaired) electrons. The Kier molecular flexibility index (Phi) is 4.42. The third-order valence-corrected chi connectivity index (χ3v) is 10.0. The Hall–Kier alpha value is -2.36. The average molecular weight is 433 g/mol. The monoisotopic (exact) mass is 432 g/mol. The Morgan fingerprint density at radius 1 is 0.812 bits per heavy atom. The van der Waals surface area contributed by atoms with Crippen LogP contribution in [-0.4, -0.2) is 11.8 Å². The lowest BCUT2D eigenvalue weighted by molar-refractivity contribution is -0.124. The highest BCUT2D eigenvalue weighted by molar-refractivity contribution is 6.01. The van der Waals surface area contributed by atoms with Crippen LogP contribution in [0.4, 0.5) is 11.4 Å². The number of rotatable bonds is 4. The molecule has 0 spiro atoms. The highest BCUT2D eigenvalue weighted by Gasteiger charge is 2.62. The molecule has 4 saturated carbocycles. The molecule has 0 heterocycles. The molecule has 2 amide bonds. The van der Waals surface area contributed by atoms with Crippen molar-refractivity contribution in [2.75, 3.05) is 10.6 Å². The molecular weight excluding hydrogens is 396 g/mol. The molecule has 4 bridgehead atoms. The van der Waals surface area contributed by atoms with Crippen molar-refractivity contribution >= 4 is 23.2 Å². The summed E-state index contributed by atoms with van der Waals surface area (Å²) in [7, 11) is 0. The number of carbonyl (C=O) groups is 2. The normalized spacial score (nSPS) is 35.9. The van der Waals surface area contributed by atoms with E-state index < -0.39 is 10.8 Å². The van der Waals surface area contributed by atoms with Gasteiger partial charge in [0.25, 0.3) is 0 Å². The van der Waals surface area contributed by atoms with Gasteiger partial charge >= 0.3 is 0 Å². The van der Waals surface area contributed by atoms with Crippen molar-refractivity contribution in [3.05, 3.63) is 48.6 Å². The predicted molar refractivity (Wildman–Crippen MR) is 129 cm³/mol. The Bertz CT molecular complexity index is 972. The molecule has 4 atom stereocenters. The average Bonchev–Trinajstić information content (AvgIpc) is 3.46. The van der Waals surface area contributed by atoms with Gasteiger partial charge in [0, 0.05) is 11.4 Å². The van der Waals surface area contributed by atoms with E-state index in [1.54, 1.807) is 0 Å². The summed E-state index contributed by atoms with van der Waals surface area (Å²) in [5, 5.41) is 6.28. The molecule has 2 N–H and O–H groups in total. The van der Waals surface area contributed by atoms with Crippen LogP contribution in [0.1, 0.15) is 66.2 Å². The fourth-order valence-corrected chi connectivity index (χ4v) is 7.46. The van der Waals surface area contributed by atoms with Gasteiger partial charge in [-0.1, -0.05) is 58.1 Å². The van der Waals surface area contributed by atoms with Crippen LogP contribution in [0, 0.1) is 33.5 Å². The first-order chi connectivity index (χ1) is 14.9. The van der Waals surface area contributed by atoms with Gasteiger partial charge in [-0.3, -0.25) is 9.59 Å². The SMILES string of the molecule is C=C1C2(C(=O)Nc3cccc(NC(=O)C45CCC(C4)C(C)(C)C5=C)c3)CCC(C2)C1(C)C. The second-order valence-corrected chi connectivity index (χ2v) is 11.9. The maximum Gasteiger partial charge on any atom is 0.234 e. The molecule has 4 aliphatic rings. The van der Waals surface area contributed by atoms with E-state index in [-0.39, 0.29) is 22.6 Å². The number of nitrogens with one attached hydrogen (secondary N) is 2. The quantitative estimate of drug-likeness (QED) is 0.546. The van der Waals surface area contributed by atoms with Gasteiger partial charge < -0.3 is 10.6 Å². The van der Waals surface area contributed by atoms with E-state index in [0.717, 1.165) is 61.0 Å². The zero-order valence-electron chi connectivity index (χ0n) is 19.9. The number of fused-ring (bicyclic) bond motifs is 4. The van der Waals surface area contributed by atoms with Gasteiger partial charge in [0.2, 0.25) is 11.8 Å². The molecule has 170 valence electrons. The van der Waals surface area contributed by atoms with E-state index in [2.05, 4.69) is 51.5 Å². The van der Waals surface area contributed by atoms with Crippen molar-refractivity contribution in [2.45, 2.75) is 66.2 Å². The minimum atomic E-state index is -0.460. The highest BCUT2D eigenvalue weighted by atomic mass is 16.2. The lowest BCUT2D eigenvalue weighted by Gasteiger charge is -2.37. The summed E-state index contributed by atoms with van der Waals surface area (Å²) in [6, 6.07) is 7.53. The molecule has 0 aliphatic heterocycles. The number of amides is 2. The summed E-state index contributed by atoms with van der Waals surface area (Å²) in [5.74, 6) is 1.15. The molecule has 4 aliphatic carbocycles. The standard InChI is InChI=1S/C28H36N2O2/c1-17-25(3,4)19-10-12-27(17,15-19)23(31)29-21-8-7-9-22(14-21)30-24(32)28-13-11-20(16-28)26(5,6)18(28)2/h7-9,14,19-20H,1-2,10-13,15-16H2,3-6H3,(H,29,31)(H,30,32). The van der Waals surface area contributed by atoms with Crippen molar-refractivity contribution in [2.24, 2.45) is 33.5 Å². The van der Waals surface area contributed by atoms with Crippen molar-refractivity contribution in [3.8, 4) is 0 Å². The van der Waals surface area contributed by atoms with Crippen LogP contribution in [0.15, 0.2) is 48.6 Å². The maximum atomic E-state index is 13.4. The number of hydrogen-bond acceptors (Lipinski definition) is 2. The van der Waals surface area contributed by atoms with Crippen LogP contribution >= 0.6 is 0 Å². The summed E-state index contributed by atoms with van der Waals surface area (Å²) >= 11 is 0. The lowest BCUT2D eigenvalue weighted by Crippen LogP contribution is -2.38. The maximum absolute atomic E-state index is 13.4. The van der Waals surface area contributed by atoms with Crippen LogP contribution in [0.25, 0.3) is 0 Å². The molecular formula is C28H36N2O2. The van der Waals surface area contributed by atoms with Gasteiger partial charge in [-0.05, 0) is 79.4 Å². The van der Waals surface area contributed by atoms with Crippen molar-refractivity contribution in [1.29, 1.82) is 0 Å². The van der Waals surface area contributed by atoms with Crippen molar-refractivity contribution < 1.29 is 9.59 Å². The fraction of sp³-hybridized carbons (Fsp3) is 0.571. The Morgan fingerprint density at radius 3 is 1.56 bits per heavy atom. The third-order valence-electron chi connectivity index (χ3n) is 10.0. The zero-order chi connectivity index (χ0) is 23.1. The molecule has 0 aromatic heterocycles. The van der Waals surface area contributed by atoms with E-state index in [0.29, 0.717) is 11.8 Å². The molecule has 1 aromatic carbocycles. The van der Waals surface area contributed by atoms with Gasteiger partial charge in [-0.25, -0.2) is 0 Å². The molecule has 4 unspecified atom stereocenters. The first-order valence-electron chi connectivity index (χ1n) is 12.1. The van der Waals surface area contributed by atoms with Gasteiger partial charge in [0.1, 0.15) is 0 Å². The van der Waals surface area contributed by atoms with Gasteiger partial charge in [-0.2, -0.15) is 0 Å². The topological polar surface area (TPSA) is 58.2 Å². The third kappa shape index (κ3) is 2.67. The molecule has 1 aromatic rings. The van der Waals surface area contributed by atoms with E-state index >= 15 is 0 Å². The number of carbonyl (C=O) groups excluding carboxylic acids is 2. The molecule has 0 saturated heterocycles. The Labute approximate surface area is 191 Å². The van der Waals surface area contributed by atoms with E-state index in [4.69, 9.17) is 0 Å². The van der Waals surface area contributed by atoms with Crippen LogP contribution < -0.4 is 10.6 Å². The number of benzene rings is 1. The fourth-order valence-electron chi connectivity index (χ4n) is 7.46. The molecule has 4 heteroatoms. The van der Waals surface area contributed by atoms with Crippen LogP contribution in [0.2, 0.25) is 0 Å². The number of anilines is 2. The first-order valence-corrected chi connectivity index (χ1v) is 12.1. The highest BCUT2D eigenvalue weighted by Crippen LogP contribution is 2.66. The summed E-state index contributed by atoms with van der Waals surface area (Å²) in [5.41, 5.74) is 2.69. The lowest BCUT2D eigenvalue weighted by atomic mass is 9.68. The first kappa shape index (κ1) is 21.5. The van der Waals surface area contributed by atoms with Crippen LogP contribution in [0.3, 0.4) is 0 Å². The molecule has 5 rings (SSSR count). The Balaban J connectivity index is 1.32. The summed E-state index contributed by atoms with van der Waals surface area (Å²) < 4.78 is 0. The Morgan fingerprint density at radius 2 is 1.22 bits per heavy atom. The van der Waals surface area contributed by atoms with E-state index in [1.165, 1.54) is 0 Å². The van der Waals surface area contributed by atoms with Gasteiger partial charge in [-0.15, -0.1) is 0 Å². The predicted octanol–water partition coefficient (Wildman–Crippen LogP) is 6.33. The summed E-state index contributed by atoms with van der Waals surface area (Å²) in [4.78, 5) is 26.8. The molecule has 4 nitrogen and oxygen atoms in total. The summed E-state index contributed by atoms with van der Waals surface area (Å²) in [6.45, 7) is 17.5. The van der Waals surface area contributed by atoms with Crippen LogP contribution in [-0.2, 0) is 9.59 Å². The zero-order valence-corrected chi connectivity index (χ0v) is 19.9. The van der Waals surface area contributed by atoms with Gasteiger partial charge in [0.15, 0.2) is 0 Å². The minimum absolute atomic E-state index is 0.0152. The minimum Gasteiger partial charge on any atom is -0.325 e. The second-order valence-electron chi connectivity index (χ2n) is 11.9. The summed E-state index contributed by atoms with van der Waals surface area (Å²) in [6.07, 6.45) is 5.70. The number of hydrogen-bond donors (Lipinski definition) is 2. The molecule has 4 fully saturated rings. The van der Waals surface area contributed by atoms with Crippen molar-refractivity contribution in [3.63, 3.8) is 0 Å². The second kappa shape index (κ2) is 6.59. The smallest absolute Gasteiger partial charge is 0.234 e. The van der Waals surface area contributed by atoms with Crippen molar-refractivity contribution in [1.82, 2.24) is 0 Å². The largest absolute Gasteiger partial charge is 0.325 e. The van der Waals surface area contributed by atoms with E-state index in [9.17, 15) is 9.59 Å². The van der Waals surface area contributed by atoms with Crippen LogP contribution in [0.5, 0.6) is 0 Å².